The summed E-state index contributed by atoms with van der Waals surface area (Å²) in [5.74, 6) is 1.89. The highest BCUT2D eigenvalue weighted by Crippen LogP contribution is 2.39. The fraction of sp³-hybridized carbons (Fsp3) is 0.556. The molecule has 24 heavy (non-hydrogen) atoms. The van der Waals surface area contributed by atoms with Crippen molar-refractivity contribution < 1.29 is 9.32 Å². The van der Waals surface area contributed by atoms with E-state index in [9.17, 15) is 4.79 Å². The molecule has 126 valence electrons. The van der Waals surface area contributed by atoms with Crippen molar-refractivity contribution in [1.29, 1.82) is 0 Å². The summed E-state index contributed by atoms with van der Waals surface area (Å²) < 4.78 is 5.43. The van der Waals surface area contributed by atoms with Crippen LogP contribution in [0.2, 0.25) is 0 Å². The Morgan fingerprint density at radius 2 is 2.08 bits per heavy atom. The minimum absolute atomic E-state index is 0.0141. The number of carbonyl (C=O) groups excluding carboxylic acids is 1. The van der Waals surface area contributed by atoms with Crippen molar-refractivity contribution in [1.82, 2.24) is 20.0 Å². The molecule has 0 N–H and O–H groups in total. The molecule has 1 atom stereocenters. The van der Waals surface area contributed by atoms with E-state index in [-0.39, 0.29) is 12.0 Å². The van der Waals surface area contributed by atoms with Crippen molar-refractivity contribution in [3.8, 4) is 11.3 Å². The van der Waals surface area contributed by atoms with Crippen LogP contribution in [0.25, 0.3) is 11.3 Å². The van der Waals surface area contributed by atoms with E-state index in [1.807, 2.05) is 24.8 Å². The first kappa shape index (κ1) is 15.3. The quantitative estimate of drug-likeness (QED) is 0.866. The fourth-order valence-electron chi connectivity index (χ4n) is 3.63. The summed E-state index contributed by atoms with van der Waals surface area (Å²) in [4.78, 5) is 23.8. The maximum atomic E-state index is 12.8. The lowest BCUT2D eigenvalue weighted by Crippen LogP contribution is -2.38. The third-order valence-electron chi connectivity index (χ3n) is 5.14. The summed E-state index contributed by atoms with van der Waals surface area (Å²) in [5.41, 5.74) is 2.56. The molecule has 0 unspecified atom stereocenters. The molecular weight excluding hydrogens is 304 g/mol. The Hall–Kier alpha value is -2.24. The summed E-state index contributed by atoms with van der Waals surface area (Å²) in [5, 5.41) is 3.98. The SMILES string of the molecule is Cc1cc(-c2cnc(C)nc2[C@H]2CCCN2C(=O)C2CCC2)on1. The Labute approximate surface area is 141 Å². The highest BCUT2D eigenvalue weighted by Gasteiger charge is 2.38. The molecule has 1 saturated heterocycles. The Bertz CT molecular complexity index is 766. The molecule has 2 aromatic heterocycles. The smallest absolute Gasteiger partial charge is 0.226 e. The molecule has 2 aromatic rings. The van der Waals surface area contributed by atoms with Gasteiger partial charge in [0.1, 0.15) is 5.82 Å². The van der Waals surface area contributed by atoms with Crippen molar-refractivity contribution in [2.75, 3.05) is 6.54 Å². The Kier molecular flexibility index (Phi) is 3.82. The number of likely N-dealkylation sites (tertiary alicyclic amines) is 1. The number of hydrogen-bond acceptors (Lipinski definition) is 5. The molecule has 1 aliphatic heterocycles. The van der Waals surface area contributed by atoms with Gasteiger partial charge >= 0.3 is 0 Å². The second-order valence-corrected chi connectivity index (χ2v) is 6.87. The number of nitrogens with zero attached hydrogens (tertiary/aromatic N) is 4. The van der Waals surface area contributed by atoms with Crippen molar-refractivity contribution in [2.45, 2.75) is 52.0 Å². The fourth-order valence-corrected chi connectivity index (χ4v) is 3.63. The van der Waals surface area contributed by atoms with Crippen LogP contribution in [-0.2, 0) is 4.79 Å². The highest BCUT2D eigenvalue weighted by molar-refractivity contribution is 5.80. The molecule has 1 amide bonds. The standard InChI is InChI=1S/C18H22N4O2/c1-11-9-16(24-21-11)14-10-19-12(2)20-17(14)15-7-4-8-22(15)18(23)13-5-3-6-13/h9-10,13,15H,3-8H2,1-2H3/t15-/m1/s1. The molecule has 4 rings (SSSR count). The van der Waals surface area contributed by atoms with E-state index >= 15 is 0 Å². The third-order valence-corrected chi connectivity index (χ3v) is 5.14. The Morgan fingerprint density at radius 3 is 2.75 bits per heavy atom. The van der Waals surface area contributed by atoms with Gasteiger partial charge in [-0.05, 0) is 39.5 Å². The zero-order chi connectivity index (χ0) is 16.7. The molecule has 6 heteroatoms. The largest absolute Gasteiger partial charge is 0.356 e. The zero-order valence-electron chi connectivity index (χ0n) is 14.2. The minimum Gasteiger partial charge on any atom is -0.356 e. The van der Waals surface area contributed by atoms with Gasteiger partial charge in [-0.15, -0.1) is 0 Å². The van der Waals surface area contributed by atoms with Gasteiger partial charge in [-0.3, -0.25) is 4.79 Å². The summed E-state index contributed by atoms with van der Waals surface area (Å²) >= 11 is 0. The van der Waals surface area contributed by atoms with Crippen molar-refractivity contribution >= 4 is 5.91 Å². The van der Waals surface area contributed by atoms with Crippen LogP contribution >= 0.6 is 0 Å². The van der Waals surface area contributed by atoms with Gasteiger partial charge in [0.2, 0.25) is 5.91 Å². The van der Waals surface area contributed by atoms with Crippen molar-refractivity contribution in [3.63, 3.8) is 0 Å². The number of aryl methyl sites for hydroxylation is 2. The summed E-state index contributed by atoms with van der Waals surface area (Å²) in [6.45, 7) is 4.59. The minimum atomic E-state index is 0.0141. The summed E-state index contributed by atoms with van der Waals surface area (Å²) in [6, 6.07) is 1.91. The van der Waals surface area contributed by atoms with E-state index in [0.717, 1.165) is 49.2 Å². The van der Waals surface area contributed by atoms with Gasteiger partial charge in [-0.2, -0.15) is 0 Å². The van der Waals surface area contributed by atoms with Gasteiger partial charge in [0, 0.05) is 24.7 Å². The first-order valence-electron chi connectivity index (χ1n) is 8.71. The molecule has 0 bridgehead atoms. The van der Waals surface area contributed by atoms with E-state index < -0.39 is 0 Å². The van der Waals surface area contributed by atoms with E-state index in [4.69, 9.17) is 4.52 Å². The van der Waals surface area contributed by atoms with Crippen LogP contribution in [0.15, 0.2) is 16.8 Å². The predicted molar refractivity (Wildman–Crippen MR) is 88.0 cm³/mol. The Balaban J connectivity index is 1.71. The number of hydrogen-bond donors (Lipinski definition) is 0. The lowest BCUT2D eigenvalue weighted by atomic mass is 9.84. The highest BCUT2D eigenvalue weighted by atomic mass is 16.5. The second-order valence-electron chi connectivity index (χ2n) is 6.87. The van der Waals surface area contributed by atoms with Gasteiger partial charge in [0.05, 0.1) is 23.0 Å². The maximum absolute atomic E-state index is 12.8. The number of rotatable bonds is 3. The maximum Gasteiger partial charge on any atom is 0.226 e. The Morgan fingerprint density at radius 1 is 1.25 bits per heavy atom. The summed E-state index contributed by atoms with van der Waals surface area (Å²) in [6.07, 6.45) is 6.97. The molecule has 0 radical (unpaired) electrons. The number of aromatic nitrogens is 3. The van der Waals surface area contributed by atoms with E-state index in [2.05, 4.69) is 15.1 Å². The van der Waals surface area contributed by atoms with E-state index in [1.54, 1.807) is 6.20 Å². The van der Waals surface area contributed by atoms with Crippen LogP contribution in [0.1, 0.15) is 55.4 Å². The molecule has 6 nitrogen and oxygen atoms in total. The third kappa shape index (κ3) is 2.60. The van der Waals surface area contributed by atoms with Crippen molar-refractivity contribution in [2.24, 2.45) is 5.92 Å². The average molecular weight is 326 g/mol. The van der Waals surface area contributed by atoms with Gasteiger partial charge in [0.25, 0.3) is 0 Å². The lowest BCUT2D eigenvalue weighted by Gasteiger charge is -2.33. The van der Waals surface area contributed by atoms with Gasteiger partial charge in [0.15, 0.2) is 5.76 Å². The molecule has 2 aliphatic rings. The molecular formula is C18H22N4O2. The first-order valence-corrected chi connectivity index (χ1v) is 8.71. The van der Waals surface area contributed by atoms with Crippen LogP contribution in [0.4, 0.5) is 0 Å². The number of amides is 1. The van der Waals surface area contributed by atoms with Crippen LogP contribution in [-0.4, -0.2) is 32.5 Å². The monoisotopic (exact) mass is 326 g/mol. The van der Waals surface area contributed by atoms with Crippen LogP contribution in [0.5, 0.6) is 0 Å². The molecule has 0 spiro atoms. The predicted octanol–water partition coefficient (Wildman–Crippen LogP) is 3.21. The normalized spacial score (nSPS) is 21.1. The topological polar surface area (TPSA) is 72.1 Å². The van der Waals surface area contributed by atoms with Gasteiger partial charge in [-0.25, -0.2) is 9.97 Å². The lowest BCUT2D eigenvalue weighted by molar-refractivity contribution is -0.139. The zero-order valence-corrected chi connectivity index (χ0v) is 14.2. The summed E-state index contributed by atoms with van der Waals surface area (Å²) in [7, 11) is 0. The molecule has 0 aromatic carbocycles. The first-order chi connectivity index (χ1) is 11.6. The van der Waals surface area contributed by atoms with Gasteiger partial charge < -0.3 is 9.42 Å². The van der Waals surface area contributed by atoms with Crippen LogP contribution < -0.4 is 0 Å². The molecule has 3 heterocycles. The van der Waals surface area contributed by atoms with Crippen LogP contribution in [0, 0.1) is 19.8 Å². The van der Waals surface area contributed by atoms with Gasteiger partial charge in [-0.1, -0.05) is 11.6 Å². The van der Waals surface area contributed by atoms with Crippen LogP contribution in [0.3, 0.4) is 0 Å². The average Bonchev–Trinajstić information content (AvgIpc) is 3.14. The van der Waals surface area contributed by atoms with E-state index in [1.165, 1.54) is 6.42 Å². The van der Waals surface area contributed by atoms with Crippen molar-refractivity contribution in [3.05, 3.63) is 29.5 Å². The second kappa shape index (κ2) is 6.00. The van der Waals surface area contributed by atoms with E-state index in [0.29, 0.717) is 17.5 Å². The molecule has 1 aliphatic carbocycles. The number of carbonyl (C=O) groups is 1. The molecule has 2 fully saturated rings. The molecule has 1 saturated carbocycles.